The first-order valence-corrected chi connectivity index (χ1v) is 11.2. The van der Waals surface area contributed by atoms with Gasteiger partial charge in [-0.2, -0.15) is 5.10 Å². The highest BCUT2D eigenvalue weighted by Crippen LogP contribution is 2.46. The summed E-state index contributed by atoms with van der Waals surface area (Å²) < 4.78 is 6.94. The van der Waals surface area contributed by atoms with Crippen molar-refractivity contribution in [3.8, 4) is 10.6 Å². The third kappa shape index (κ3) is 3.19. The zero-order valence-corrected chi connectivity index (χ0v) is 18.4. The largest absolute Gasteiger partial charge is 0.377 e. The fraction of sp³-hybridized carbons (Fsp3) is 0.429. The van der Waals surface area contributed by atoms with Crippen molar-refractivity contribution in [2.75, 3.05) is 24.7 Å². The molecule has 2 aromatic heterocycles. The average Bonchev–Trinajstić information content (AvgIpc) is 3.29. The van der Waals surface area contributed by atoms with Gasteiger partial charge >= 0.3 is 0 Å². The smallest absolute Gasteiger partial charge is 0.186 e. The molecule has 0 bridgehead atoms. The van der Waals surface area contributed by atoms with Crippen LogP contribution in [0.15, 0.2) is 34.9 Å². The van der Waals surface area contributed by atoms with E-state index in [2.05, 4.69) is 69.1 Å². The monoisotopic (exact) mass is 458 g/mol. The van der Waals surface area contributed by atoms with Crippen molar-refractivity contribution in [2.24, 2.45) is 0 Å². The number of fused-ring (bicyclic) bond motifs is 3. The molecule has 2 aliphatic rings. The molecule has 5 rings (SSSR count). The Morgan fingerprint density at radius 1 is 1.39 bits per heavy atom. The molecular weight excluding hydrogens is 436 g/mol. The molecule has 1 fully saturated rings. The standard InChI is InChI=1S/C21H23BrN4OS/c1-21(2)10-17-19(18-16(21)11-23-25-18)28-20(24-17)26-6-7-27-12-15(26)9-13-4-3-5-14(22)8-13/h3-5,8,11,15H,6-7,9-10,12H2,1-2H3,(H,23,25)/t15-/m0/s1. The van der Waals surface area contributed by atoms with E-state index in [4.69, 9.17) is 9.72 Å². The predicted molar refractivity (Wildman–Crippen MR) is 116 cm³/mol. The molecule has 1 aliphatic heterocycles. The summed E-state index contributed by atoms with van der Waals surface area (Å²) in [7, 11) is 0. The third-order valence-electron chi connectivity index (χ3n) is 5.72. The number of nitrogens with zero attached hydrogens (tertiary/aromatic N) is 3. The van der Waals surface area contributed by atoms with Gasteiger partial charge in [-0.25, -0.2) is 4.98 Å². The molecule has 3 aromatic rings. The van der Waals surface area contributed by atoms with Crippen LogP contribution < -0.4 is 4.90 Å². The van der Waals surface area contributed by atoms with Gasteiger partial charge in [0.2, 0.25) is 0 Å². The summed E-state index contributed by atoms with van der Waals surface area (Å²) in [6.45, 7) is 6.91. The summed E-state index contributed by atoms with van der Waals surface area (Å²) in [5, 5.41) is 8.63. The molecular formula is C21H23BrN4OS. The fourth-order valence-corrected chi connectivity index (χ4v) is 5.91. The second-order valence-electron chi connectivity index (χ2n) is 8.25. The minimum absolute atomic E-state index is 0.0569. The van der Waals surface area contributed by atoms with Crippen molar-refractivity contribution in [1.82, 2.24) is 15.2 Å². The Kier molecular flexibility index (Phi) is 4.56. The average molecular weight is 459 g/mol. The first kappa shape index (κ1) is 18.3. The lowest BCUT2D eigenvalue weighted by Gasteiger charge is -2.35. The van der Waals surface area contributed by atoms with Crippen LogP contribution in [0.4, 0.5) is 5.13 Å². The Labute approximate surface area is 177 Å². The Hall–Kier alpha value is -1.70. The van der Waals surface area contributed by atoms with E-state index in [1.165, 1.54) is 21.7 Å². The SMILES string of the molecule is CC1(C)Cc2nc(N3CCOC[C@@H]3Cc3cccc(Br)c3)sc2-c2[nH]ncc21. The van der Waals surface area contributed by atoms with Crippen molar-refractivity contribution in [3.63, 3.8) is 0 Å². The van der Waals surface area contributed by atoms with Crippen LogP contribution in [0, 0.1) is 0 Å². The molecule has 7 heteroatoms. The maximum Gasteiger partial charge on any atom is 0.186 e. The molecule has 5 nitrogen and oxygen atoms in total. The van der Waals surface area contributed by atoms with Gasteiger partial charge in [0.05, 0.1) is 41.7 Å². The Morgan fingerprint density at radius 2 is 2.29 bits per heavy atom. The highest BCUT2D eigenvalue weighted by Gasteiger charge is 2.36. The second kappa shape index (κ2) is 6.97. The Bertz CT molecular complexity index is 1010. The van der Waals surface area contributed by atoms with Crippen molar-refractivity contribution in [3.05, 3.63) is 51.8 Å². The van der Waals surface area contributed by atoms with E-state index in [0.29, 0.717) is 6.04 Å². The number of halogens is 1. The summed E-state index contributed by atoms with van der Waals surface area (Å²) in [5.74, 6) is 0. The quantitative estimate of drug-likeness (QED) is 0.623. The van der Waals surface area contributed by atoms with Crippen LogP contribution in [0.25, 0.3) is 10.6 Å². The van der Waals surface area contributed by atoms with Crippen LogP contribution in [-0.4, -0.2) is 41.0 Å². The maximum atomic E-state index is 5.82. The van der Waals surface area contributed by atoms with Gasteiger partial charge in [-0.3, -0.25) is 5.10 Å². The summed E-state index contributed by atoms with van der Waals surface area (Å²) in [6.07, 6.45) is 3.87. The number of rotatable bonds is 3. The number of hydrogen-bond donors (Lipinski definition) is 1. The lowest BCUT2D eigenvalue weighted by Crippen LogP contribution is -2.46. The first-order valence-electron chi connectivity index (χ1n) is 9.64. The van der Waals surface area contributed by atoms with E-state index in [1.807, 2.05) is 6.20 Å². The highest BCUT2D eigenvalue weighted by molar-refractivity contribution is 9.10. The minimum atomic E-state index is 0.0569. The second-order valence-corrected chi connectivity index (χ2v) is 10.1. The molecule has 1 aromatic carbocycles. The number of thiazole rings is 1. The van der Waals surface area contributed by atoms with Gasteiger partial charge in [0.1, 0.15) is 0 Å². The van der Waals surface area contributed by atoms with Crippen molar-refractivity contribution in [2.45, 2.75) is 38.1 Å². The zero-order chi connectivity index (χ0) is 19.3. The van der Waals surface area contributed by atoms with Gasteiger partial charge in [-0.15, -0.1) is 0 Å². The minimum Gasteiger partial charge on any atom is -0.377 e. The molecule has 0 spiro atoms. The number of nitrogens with one attached hydrogen (secondary N) is 1. The number of H-pyrrole nitrogens is 1. The lowest BCUT2D eigenvalue weighted by atomic mass is 9.77. The highest BCUT2D eigenvalue weighted by atomic mass is 79.9. The van der Waals surface area contributed by atoms with E-state index in [9.17, 15) is 0 Å². The summed E-state index contributed by atoms with van der Waals surface area (Å²) in [6, 6.07) is 8.84. The predicted octanol–water partition coefficient (Wildman–Crippen LogP) is 4.58. The zero-order valence-electron chi connectivity index (χ0n) is 16.0. The van der Waals surface area contributed by atoms with Crippen LogP contribution in [-0.2, 0) is 23.0 Å². The van der Waals surface area contributed by atoms with Gasteiger partial charge < -0.3 is 9.64 Å². The number of anilines is 1. The molecule has 1 atom stereocenters. The lowest BCUT2D eigenvalue weighted by molar-refractivity contribution is 0.0940. The van der Waals surface area contributed by atoms with Crippen LogP contribution in [0.3, 0.4) is 0 Å². The summed E-state index contributed by atoms with van der Waals surface area (Å²) in [5.41, 5.74) is 5.00. The van der Waals surface area contributed by atoms with Crippen molar-refractivity contribution >= 4 is 32.4 Å². The van der Waals surface area contributed by atoms with E-state index in [0.717, 1.165) is 47.9 Å². The normalized spacial score (nSPS) is 20.7. The van der Waals surface area contributed by atoms with Gasteiger partial charge in [-0.1, -0.05) is 53.2 Å². The van der Waals surface area contributed by atoms with Gasteiger partial charge in [0.15, 0.2) is 5.13 Å². The number of aromatic amines is 1. The van der Waals surface area contributed by atoms with E-state index in [1.54, 1.807) is 11.3 Å². The summed E-state index contributed by atoms with van der Waals surface area (Å²) in [4.78, 5) is 8.78. The molecule has 3 heterocycles. The molecule has 28 heavy (non-hydrogen) atoms. The Balaban J connectivity index is 1.47. The topological polar surface area (TPSA) is 54.0 Å². The van der Waals surface area contributed by atoms with E-state index < -0.39 is 0 Å². The summed E-state index contributed by atoms with van der Waals surface area (Å²) >= 11 is 5.37. The number of aromatic nitrogens is 3. The fourth-order valence-electron chi connectivity index (χ4n) is 4.28. The molecule has 0 radical (unpaired) electrons. The molecule has 1 saturated heterocycles. The van der Waals surface area contributed by atoms with Crippen LogP contribution in [0.5, 0.6) is 0 Å². The van der Waals surface area contributed by atoms with E-state index >= 15 is 0 Å². The third-order valence-corrected chi connectivity index (χ3v) is 7.37. The Morgan fingerprint density at radius 3 is 3.14 bits per heavy atom. The number of benzene rings is 1. The molecule has 0 unspecified atom stereocenters. The number of ether oxygens (including phenoxy) is 1. The molecule has 0 saturated carbocycles. The number of hydrogen-bond acceptors (Lipinski definition) is 5. The molecule has 146 valence electrons. The van der Waals surface area contributed by atoms with Crippen LogP contribution >= 0.6 is 27.3 Å². The van der Waals surface area contributed by atoms with Crippen LogP contribution in [0.1, 0.15) is 30.7 Å². The van der Waals surface area contributed by atoms with Gasteiger partial charge in [0.25, 0.3) is 0 Å². The molecule has 0 amide bonds. The van der Waals surface area contributed by atoms with Crippen molar-refractivity contribution < 1.29 is 4.74 Å². The van der Waals surface area contributed by atoms with Gasteiger partial charge in [0, 0.05) is 23.0 Å². The number of morpholine rings is 1. The van der Waals surface area contributed by atoms with Crippen LogP contribution in [0.2, 0.25) is 0 Å². The van der Waals surface area contributed by atoms with E-state index in [-0.39, 0.29) is 5.41 Å². The van der Waals surface area contributed by atoms with Crippen molar-refractivity contribution in [1.29, 1.82) is 0 Å². The van der Waals surface area contributed by atoms with Gasteiger partial charge in [-0.05, 0) is 29.5 Å². The maximum absolute atomic E-state index is 5.82. The first-order chi connectivity index (χ1) is 13.5. The molecule has 1 aliphatic carbocycles. The molecule has 1 N–H and O–H groups in total.